The molecule has 1 N–H and O–H groups in total. The average Bonchev–Trinajstić information content (AvgIpc) is 2.96. The van der Waals surface area contributed by atoms with Gasteiger partial charge in [-0.15, -0.1) is 11.3 Å². The van der Waals surface area contributed by atoms with Gasteiger partial charge in [-0.25, -0.2) is 4.98 Å². The minimum absolute atomic E-state index is 0.278. The third-order valence-electron chi connectivity index (χ3n) is 3.54. The summed E-state index contributed by atoms with van der Waals surface area (Å²) in [7, 11) is 1.72. The first-order valence-corrected chi connectivity index (χ1v) is 8.28. The maximum atomic E-state index is 5.42. The van der Waals surface area contributed by atoms with E-state index in [0.29, 0.717) is 6.04 Å². The fourth-order valence-corrected chi connectivity index (χ4v) is 3.31. The van der Waals surface area contributed by atoms with E-state index < -0.39 is 0 Å². The van der Waals surface area contributed by atoms with Crippen LogP contribution in [0.5, 0.6) is 5.75 Å². The normalized spacial score (nSPS) is 13.9. The van der Waals surface area contributed by atoms with Crippen LogP contribution in [0.1, 0.15) is 42.3 Å². The number of hydrogen-bond donors (Lipinski definition) is 1. The van der Waals surface area contributed by atoms with Gasteiger partial charge in [0.1, 0.15) is 10.8 Å². The predicted molar refractivity (Wildman–Crippen MR) is 89.2 cm³/mol. The molecule has 0 saturated heterocycles. The van der Waals surface area contributed by atoms with E-state index in [1.807, 2.05) is 18.3 Å². The second kappa shape index (κ2) is 7.57. The highest BCUT2D eigenvalue weighted by atomic mass is 32.1. The first kappa shape index (κ1) is 16.0. The van der Waals surface area contributed by atoms with Gasteiger partial charge in [0.05, 0.1) is 13.2 Å². The lowest BCUT2D eigenvalue weighted by atomic mass is 10.1. The van der Waals surface area contributed by atoms with Crippen LogP contribution in [-0.4, -0.2) is 18.1 Å². The third-order valence-corrected chi connectivity index (χ3v) is 4.87. The molecule has 0 saturated carbocycles. The average molecular weight is 304 g/mol. The molecule has 0 aliphatic rings. The molecule has 0 aliphatic heterocycles. The van der Waals surface area contributed by atoms with Crippen LogP contribution in [0.25, 0.3) is 0 Å². The Bertz CT molecular complexity index is 567. The summed E-state index contributed by atoms with van der Waals surface area (Å²) in [6.07, 6.45) is 3.99. The number of ether oxygens (including phenoxy) is 1. The Hall–Kier alpha value is -1.39. The molecule has 2 unspecified atom stereocenters. The van der Waals surface area contributed by atoms with Crippen molar-refractivity contribution < 1.29 is 4.74 Å². The van der Waals surface area contributed by atoms with Crippen LogP contribution < -0.4 is 10.1 Å². The molecule has 1 aromatic carbocycles. The van der Waals surface area contributed by atoms with Crippen molar-refractivity contribution >= 4 is 11.3 Å². The SMILES string of the molecule is CCc1cnc(C(C)NC(C)Cc2ccccc2OC)s1. The monoisotopic (exact) mass is 304 g/mol. The number of hydrogen-bond acceptors (Lipinski definition) is 4. The molecule has 1 heterocycles. The third kappa shape index (κ3) is 4.29. The minimum atomic E-state index is 0.278. The van der Waals surface area contributed by atoms with Crippen molar-refractivity contribution in [3.8, 4) is 5.75 Å². The quantitative estimate of drug-likeness (QED) is 0.839. The van der Waals surface area contributed by atoms with Gasteiger partial charge in [0.2, 0.25) is 0 Å². The van der Waals surface area contributed by atoms with Crippen molar-refractivity contribution in [1.29, 1.82) is 0 Å². The molecule has 0 spiro atoms. The van der Waals surface area contributed by atoms with E-state index in [0.717, 1.165) is 18.6 Å². The molecule has 0 radical (unpaired) electrons. The van der Waals surface area contributed by atoms with Crippen molar-refractivity contribution in [2.24, 2.45) is 0 Å². The lowest BCUT2D eigenvalue weighted by molar-refractivity contribution is 0.403. The van der Waals surface area contributed by atoms with E-state index in [-0.39, 0.29) is 6.04 Å². The molecular formula is C17H24N2OS. The van der Waals surface area contributed by atoms with Gasteiger partial charge in [-0.2, -0.15) is 0 Å². The highest BCUT2D eigenvalue weighted by Crippen LogP contribution is 2.22. The Morgan fingerprint density at radius 2 is 2.05 bits per heavy atom. The maximum absolute atomic E-state index is 5.42. The van der Waals surface area contributed by atoms with Crippen molar-refractivity contribution in [2.45, 2.75) is 45.7 Å². The first-order valence-electron chi connectivity index (χ1n) is 7.46. The predicted octanol–water partition coefficient (Wildman–Crippen LogP) is 4.00. The number of thiazole rings is 1. The Labute approximate surface area is 131 Å². The number of rotatable bonds is 7. The van der Waals surface area contributed by atoms with E-state index in [4.69, 9.17) is 4.74 Å². The van der Waals surface area contributed by atoms with Gasteiger partial charge in [0.15, 0.2) is 0 Å². The summed E-state index contributed by atoms with van der Waals surface area (Å²) < 4.78 is 5.42. The zero-order chi connectivity index (χ0) is 15.2. The standard InChI is InChI=1S/C17H24N2OS/c1-5-15-11-18-17(21-15)13(3)19-12(2)10-14-8-6-7-9-16(14)20-4/h6-9,11-13,19H,5,10H2,1-4H3. The summed E-state index contributed by atoms with van der Waals surface area (Å²) in [5, 5.41) is 4.79. The van der Waals surface area contributed by atoms with Crippen molar-refractivity contribution in [3.63, 3.8) is 0 Å². The van der Waals surface area contributed by atoms with Crippen LogP contribution in [-0.2, 0) is 12.8 Å². The van der Waals surface area contributed by atoms with Gasteiger partial charge in [-0.05, 0) is 38.3 Å². The van der Waals surface area contributed by atoms with E-state index in [1.54, 1.807) is 18.4 Å². The molecule has 0 fully saturated rings. The van der Waals surface area contributed by atoms with E-state index in [2.05, 4.69) is 43.2 Å². The molecule has 1 aromatic heterocycles. The van der Waals surface area contributed by atoms with Gasteiger partial charge < -0.3 is 10.1 Å². The maximum Gasteiger partial charge on any atom is 0.122 e. The van der Waals surface area contributed by atoms with Gasteiger partial charge in [-0.3, -0.25) is 0 Å². The molecule has 114 valence electrons. The van der Waals surface area contributed by atoms with Crippen molar-refractivity contribution in [3.05, 3.63) is 45.9 Å². The number of benzene rings is 1. The molecule has 0 bridgehead atoms. The number of nitrogens with one attached hydrogen (secondary N) is 1. The van der Waals surface area contributed by atoms with Crippen LogP contribution in [0.15, 0.2) is 30.5 Å². The van der Waals surface area contributed by atoms with E-state index >= 15 is 0 Å². The molecule has 3 nitrogen and oxygen atoms in total. The first-order chi connectivity index (χ1) is 10.1. The Morgan fingerprint density at radius 1 is 1.29 bits per heavy atom. The fraction of sp³-hybridized carbons (Fsp3) is 0.471. The van der Waals surface area contributed by atoms with Crippen LogP contribution in [0.3, 0.4) is 0 Å². The van der Waals surface area contributed by atoms with Gasteiger partial charge in [-0.1, -0.05) is 25.1 Å². The summed E-state index contributed by atoms with van der Waals surface area (Å²) in [5.41, 5.74) is 1.24. The lowest BCUT2D eigenvalue weighted by Crippen LogP contribution is -2.30. The van der Waals surface area contributed by atoms with Gasteiger partial charge in [0.25, 0.3) is 0 Å². The summed E-state index contributed by atoms with van der Waals surface area (Å²) >= 11 is 1.80. The molecule has 0 aliphatic carbocycles. The largest absolute Gasteiger partial charge is 0.496 e. The van der Waals surface area contributed by atoms with Crippen LogP contribution in [0.2, 0.25) is 0 Å². The molecule has 2 atom stereocenters. The summed E-state index contributed by atoms with van der Waals surface area (Å²) in [6, 6.07) is 8.85. The summed E-state index contributed by atoms with van der Waals surface area (Å²) in [4.78, 5) is 5.86. The smallest absolute Gasteiger partial charge is 0.122 e. The fourth-order valence-electron chi connectivity index (χ4n) is 2.44. The van der Waals surface area contributed by atoms with E-state index in [9.17, 15) is 0 Å². The molecule has 2 aromatic rings. The molecular weight excluding hydrogens is 280 g/mol. The highest BCUT2D eigenvalue weighted by Gasteiger charge is 2.14. The van der Waals surface area contributed by atoms with Crippen molar-refractivity contribution in [1.82, 2.24) is 10.3 Å². The summed E-state index contributed by atoms with van der Waals surface area (Å²) in [6.45, 7) is 6.55. The Morgan fingerprint density at radius 3 is 2.71 bits per heavy atom. The number of methoxy groups -OCH3 is 1. The van der Waals surface area contributed by atoms with Crippen LogP contribution in [0, 0.1) is 0 Å². The zero-order valence-corrected chi connectivity index (χ0v) is 14.0. The van der Waals surface area contributed by atoms with Gasteiger partial charge in [0, 0.05) is 17.1 Å². The summed E-state index contributed by atoms with van der Waals surface area (Å²) in [5.74, 6) is 0.960. The van der Waals surface area contributed by atoms with Crippen LogP contribution in [0.4, 0.5) is 0 Å². The molecule has 21 heavy (non-hydrogen) atoms. The minimum Gasteiger partial charge on any atom is -0.496 e. The highest BCUT2D eigenvalue weighted by molar-refractivity contribution is 7.11. The topological polar surface area (TPSA) is 34.2 Å². The van der Waals surface area contributed by atoms with E-state index in [1.165, 1.54) is 15.4 Å². The number of nitrogens with zero attached hydrogens (tertiary/aromatic N) is 1. The Kier molecular flexibility index (Phi) is 5.76. The molecule has 4 heteroatoms. The zero-order valence-electron chi connectivity index (χ0n) is 13.2. The molecule has 2 rings (SSSR count). The Balaban J connectivity index is 1.96. The molecule has 0 amide bonds. The van der Waals surface area contributed by atoms with Crippen molar-refractivity contribution in [2.75, 3.05) is 7.11 Å². The number of aromatic nitrogens is 1. The lowest BCUT2D eigenvalue weighted by Gasteiger charge is -2.19. The van der Waals surface area contributed by atoms with Crippen LogP contribution >= 0.6 is 11.3 Å². The number of aryl methyl sites for hydroxylation is 1. The second-order valence-corrected chi connectivity index (χ2v) is 6.47. The second-order valence-electron chi connectivity index (χ2n) is 5.32. The van der Waals surface area contributed by atoms with Gasteiger partial charge >= 0.3 is 0 Å². The number of para-hydroxylation sites is 1.